The number of aryl methyl sites for hydroxylation is 1. The summed E-state index contributed by atoms with van der Waals surface area (Å²) in [6, 6.07) is 11.1. The molecule has 0 aliphatic carbocycles. The van der Waals surface area contributed by atoms with Crippen molar-refractivity contribution in [3.8, 4) is 11.5 Å². The van der Waals surface area contributed by atoms with Gasteiger partial charge in [-0.15, -0.1) is 0 Å². The van der Waals surface area contributed by atoms with Crippen molar-refractivity contribution in [3.05, 3.63) is 64.7 Å². The van der Waals surface area contributed by atoms with Gasteiger partial charge in [0.1, 0.15) is 17.3 Å². The lowest BCUT2D eigenvalue weighted by Crippen LogP contribution is -2.38. The Bertz CT molecular complexity index is 1090. The molecule has 2 heterocycles. The van der Waals surface area contributed by atoms with Crippen LogP contribution in [-0.4, -0.2) is 78.2 Å². The van der Waals surface area contributed by atoms with Crippen LogP contribution in [0, 0.1) is 6.92 Å². The standard InChI is InChI=1S/C26H30N2O6/c1-17-4-9-21(29)20(16-17)24(30)22-23(18-5-7-19(33-2)8-6-18)28(26(32)25(22)31)11-3-10-27-12-14-34-15-13-27/h4-9,16,23,29-30H,3,10-15H2,1-2H3/b24-22+. The van der Waals surface area contributed by atoms with Crippen LogP contribution in [0.4, 0.5) is 0 Å². The van der Waals surface area contributed by atoms with Crippen molar-refractivity contribution >= 4 is 17.4 Å². The van der Waals surface area contributed by atoms with Crippen LogP contribution in [0.2, 0.25) is 0 Å². The molecule has 2 aliphatic rings. The molecule has 180 valence electrons. The SMILES string of the molecule is COc1ccc(C2/C(=C(\O)c3cc(C)ccc3O)C(=O)C(=O)N2CCCN2CCOCC2)cc1. The van der Waals surface area contributed by atoms with E-state index in [-0.39, 0.29) is 22.6 Å². The van der Waals surface area contributed by atoms with Crippen molar-refractivity contribution in [1.29, 1.82) is 0 Å². The van der Waals surface area contributed by atoms with Crippen LogP contribution in [0.15, 0.2) is 48.0 Å². The number of phenols is 1. The molecule has 4 rings (SSSR count). The molecule has 8 nitrogen and oxygen atoms in total. The normalized spacial score (nSPS) is 20.6. The summed E-state index contributed by atoms with van der Waals surface area (Å²) in [7, 11) is 1.56. The van der Waals surface area contributed by atoms with Crippen LogP contribution in [0.3, 0.4) is 0 Å². The van der Waals surface area contributed by atoms with Gasteiger partial charge in [-0.1, -0.05) is 23.8 Å². The number of likely N-dealkylation sites (tertiary alicyclic amines) is 1. The van der Waals surface area contributed by atoms with E-state index in [4.69, 9.17) is 9.47 Å². The van der Waals surface area contributed by atoms with Gasteiger partial charge >= 0.3 is 0 Å². The third-order valence-electron chi connectivity index (χ3n) is 6.36. The number of rotatable bonds is 7. The number of hydrogen-bond acceptors (Lipinski definition) is 7. The molecule has 1 amide bonds. The fourth-order valence-electron chi connectivity index (χ4n) is 4.52. The second-order valence-electron chi connectivity index (χ2n) is 8.59. The quantitative estimate of drug-likeness (QED) is 0.368. The van der Waals surface area contributed by atoms with Gasteiger partial charge in [0.2, 0.25) is 0 Å². The lowest BCUT2D eigenvalue weighted by Gasteiger charge is -2.29. The number of aliphatic hydroxyl groups excluding tert-OH is 1. The first-order valence-electron chi connectivity index (χ1n) is 11.4. The number of aromatic hydroxyl groups is 1. The second-order valence-corrected chi connectivity index (χ2v) is 8.59. The summed E-state index contributed by atoms with van der Waals surface area (Å²) in [6.07, 6.45) is 0.676. The van der Waals surface area contributed by atoms with Crippen molar-refractivity contribution in [2.45, 2.75) is 19.4 Å². The molecule has 2 aliphatic heterocycles. The zero-order chi connectivity index (χ0) is 24.2. The molecule has 2 N–H and O–H groups in total. The summed E-state index contributed by atoms with van der Waals surface area (Å²) in [6.45, 7) is 6.02. The zero-order valence-electron chi connectivity index (χ0n) is 19.5. The number of benzene rings is 2. The predicted octanol–water partition coefficient (Wildman–Crippen LogP) is 2.85. The second kappa shape index (κ2) is 10.3. The molecule has 34 heavy (non-hydrogen) atoms. The molecule has 2 aromatic rings. The molecule has 2 fully saturated rings. The number of carbonyl (C=O) groups excluding carboxylic acids is 2. The Morgan fingerprint density at radius 3 is 2.47 bits per heavy atom. The fraction of sp³-hybridized carbons (Fsp3) is 0.385. The molecular weight excluding hydrogens is 436 g/mol. The summed E-state index contributed by atoms with van der Waals surface area (Å²) in [5.41, 5.74) is 1.59. The highest BCUT2D eigenvalue weighted by atomic mass is 16.5. The molecule has 2 aromatic carbocycles. The Balaban J connectivity index is 1.70. The fourth-order valence-corrected chi connectivity index (χ4v) is 4.52. The molecule has 1 atom stereocenters. The number of hydrogen-bond donors (Lipinski definition) is 2. The Hall–Kier alpha value is -3.36. The number of phenolic OH excluding ortho intramolecular Hbond substituents is 1. The molecule has 0 radical (unpaired) electrons. The smallest absolute Gasteiger partial charge is 0.295 e. The number of morpholine rings is 1. The number of amides is 1. The highest BCUT2D eigenvalue weighted by Gasteiger charge is 2.46. The summed E-state index contributed by atoms with van der Waals surface area (Å²) in [5, 5.41) is 21.5. The molecule has 0 aromatic heterocycles. The van der Waals surface area contributed by atoms with E-state index >= 15 is 0 Å². The van der Waals surface area contributed by atoms with Crippen LogP contribution in [0.1, 0.15) is 29.2 Å². The Labute approximate surface area is 199 Å². The maximum Gasteiger partial charge on any atom is 0.295 e. The largest absolute Gasteiger partial charge is 0.507 e. The summed E-state index contributed by atoms with van der Waals surface area (Å²) in [5.74, 6) is -1.31. The molecular formula is C26H30N2O6. The summed E-state index contributed by atoms with van der Waals surface area (Å²) < 4.78 is 10.6. The van der Waals surface area contributed by atoms with Crippen LogP contribution < -0.4 is 4.74 Å². The van der Waals surface area contributed by atoms with Crippen LogP contribution >= 0.6 is 0 Å². The van der Waals surface area contributed by atoms with E-state index in [9.17, 15) is 19.8 Å². The number of Topliss-reactive ketones (excluding diaryl/α,β-unsaturated/α-hetero) is 1. The van der Waals surface area contributed by atoms with Crippen LogP contribution in [-0.2, 0) is 14.3 Å². The Morgan fingerprint density at radius 2 is 1.79 bits per heavy atom. The maximum atomic E-state index is 13.2. The number of carbonyl (C=O) groups is 2. The number of nitrogens with zero attached hydrogens (tertiary/aromatic N) is 2. The predicted molar refractivity (Wildman–Crippen MR) is 127 cm³/mol. The van der Waals surface area contributed by atoms with Gasteiger partial charge in [-0.2, -0.15) is 0 Å². The van der Waals surface area contributed by atoms with Crippen LogP contribution in [0.5, 0.6) is 11.5 Å². The van der Waals surface area contributed by atoms with Crippen molar-refractivity contribution in [2.24, 2.45) is 0 Å². The highest BCUT2D eigenvalue weighted by molar-refractivity contribution is 6.46. The number of ether oxygens (including phenoxy) is 2. The van der Waals surface area contributed by atoms with Gasteiger partial charge in [0.15, 0.2) is 0 Å². The number of ketones is 1. The van der Waals surface area contributed by atoms with Gasteiger partial charge in [-0.25, -0.2) is 0 Å². The topological polar surface area (TPSA) is 99.5 Å². The lowest BCUT2D eigenvalue weighted by atomic mass is 9.94. The van der Waals surface area contributed by atoms with E-state index < -0.39 is 17.7 Å². The van der Waals surface area contributed by atoms with E-state index in [0.29, 0.717) is 37.5 Å². The van der Waals surface area contributed by atoms with E-state index in [1.807, 2.05) is 6.92 Å². The number of methoxy groups -OCH3 is 1. The average Bonchev–Trinajstić information content (AvgIpc) is 3.11. The summed E-state index contributed by atoms with van der Waals surface area (Å²) in [4.78, 5) is 30.0. The first kappa shape index (κ1) is 23.8. The lowest BCUT2D eigenvalue weighted by molar-refractivity contribution is -0.140. The maximum absolute atomic E-state index is 13.2. The van der Waals surface area contributed by atoms with E-state index in [0.717, 1.165) is 25.2 Å². The molecule has 0 saturated carbocycles. The van der Waals surface area contributed by atoms with Gasteiger partial charge < -0.3 is 24.6 Å². The minimum atomic E-state index is -0.768. The van der Waals surface area contributed by atoms with Gasteiger partial charge in [0.05, 0.1) is 37.5 Å². The zero-order valence-corrected chi connectivity index (χ0v) is 19.5. The molecule has 8 heteroatoms. The van der Waals surface area contributed by atoms with E-state index in [1.54, 1.807) is 43.5 Å². The number of aliphatic hydroxyl groups is 1. The van der Waals surface area contributed by atoms with E-state index in [2.05, 4.69) is 4.90 Å². The van der Waals surface area contributed by atoms with Gasteiger partial charge in [-0.05, 0) is 43.2 Å². The van der Waals surface area contributed by atoms with Crippen molar-refractivity contribution in [1.82, 2.24) is 9.80 Å². The minimum absolute atomic E-state index is 0.0255. The van der Waals surface area contributed by atoms with Crippen molar-refractivity contribution in [2.75, 3.05) is 46.5 Å². The minimum Gasteiger partial charge on any atom is -0.507 e. The molecule has 0 bridgehead atoms. The van der Waals surface area contributed by atoms with Crippen molar-refractivity contribution in [3.63, 3.8) is 0 Å². The van der Waals surface area contributed by atoms with Crippen molar-refractivity contribution < 1.29 is 29.3 Å². The first-order valence-corrected chi connectivity index (χ1v) is 11.4. The van der Waals surface area contributed by atoms with Gasteiger partial charge in [-0.3, -0.25) is 14.5 Å². The summed E-state index contributed by atoms with van der Waals surface area (Å²) >= 11 is 0. The van der Waals surface area contributed by atoms with Crippen LogP contribution in [0.25, 0.3) is 5.76 Å². The molecule has 0 spiro atoms. The van der Waals surface area contributed by atoms with Gasteiger partial charge in [0.25, 0.3) is 11.7 Å². The first-order chi connectivity index (χ1) is 16.4. The highest BCUT2D eigenvalue weighted by Crippen LogP contribution is 2.41. The van der Waals surface area contributed by atoms with Gasteiger partial charge in [0, 0.05) is 26.2 Å². The Kier molecular flexibility index (Phi) is 7.19. The average molecular weight is 467 g/mol. The third-order valence-corrected chi connectivity index (χ3v) is 6.36. The Morgan fingerprint density at radius 1 is 1.09 bits per heavy atom. The molecule has 1 unspecified atom stereocenters. The monoisotopic (exact) mass is 466 g/mol. The molecule has 2 saturated heterocycles. The van der Waals surface area contributed by atoms with E-state index in [1.165, 1.54) is 11.0 Å². The third kappa shape index (κ3) is 4.78.